The lowest BCUT2D eigenvalue weighted by Gasteiger charge is -2.26. The van der Waals surface area contributed by atoms with Crippen molar-refractivity contribution in [1.29, 1.82) is 0 Å². The van der Waals surface area contributed by atoms with Gasteiger partial charge in [-0.3, -0.25) is 0 Å². The van der Waals surface area contributed by atoms with E-state index in [1.807, 2.05) is 6.20 Å². The lowest BCUT2D eigenvalue weighted by atomic mass is 9.88. The van der Waals surface area contributed by atoms with Crippen molar-refractivity contribution >= 4 is 5.82 Å². The Hall–Kier alpha value is -1.83. The van der Waals surface area contributed by atoms with Gasteiger partial charge in [0.25, 0.3) is 0 Å². The number of nitrogens with one attached hydrogen (secondary N) is 1. The normalized spacial score (nSPS) is 18.2. The zero-order chi connectivity index (χ0) is 12.4. The van der Waals surface area contributed by atoms with Gasteiger partial charge in [-0.25, -0.2) is 4.98 Å². The third-order valence-electron chi connectivity index (χ3n) is 3.60. The van der Waals surface area contributed by atoms with Crippen molar-refractivity contribution in [2.24, 2.45) is 0 Å². The van der Waals surface area contributed by atoms with E-state index in [9.17, 15) is 0 Å². The highest BCUT2D eigenvalue weighted by atomic mass is 15.0. The van der Waals surface area contributed by atoms with Gasteiger partial charge in [0.2, 0.25) is 0 Å². The van der Waals surface area contributed by atoms with Gasteiger partial charge in [0.1, 0.15) is 5.82 Å². The first-order valence-electron chi connectivity index (χ1n) is 6.60. The van der Waals surface area contributed by atoms with Gasteiger partial charge >= 0.3 is 0 Å². The molecule has 2 nitrogen and oxygen atoms in total. The van der Waals surface area contributed by atoms with Gasteiger partial charge in [-0.2, -0.15) is 0 Å². The fourth-order valence-electron chi connectivity index (χ4n) is 2.64. The van der Waals surface area contributed by atoms with E-state index >= 15 is 0 Å². The number of fused-ring (bicyclic) bond motifs is 1. The van der Waals surface area contributed by atoms with Crippen LogP contribution in [0.5, 0.6) is 0 Å². The SMILES string of the molecule is Cc1ccc(NC2CCCc3ccccc32)nc1. The quantitative estimate of drug-likeness (QED) is 0.858. The second-order valence-corrected chi connectivity index (χ2v) is 5.01. The van der Waals surface area contributed by atoms with Gasteiger partial charge in [-0.1, -0.05) is 30.3 Å². The number of benzene rings is 1. The summed E-state index contributed by atoms with van der Waals surface area (Å²) in [4.78, 5) is 4.43. The van der Waals surface area contributed by atoms with Crippen LogP contribution in [0.1, 0.15) is 35.6 Å². The molecule has 0 spiro atoms. The Morgan fingerprint density at radius 1 is 1.17 bits per heavy atom. The predicted octanol–water partition coefficient (Wildman–Crippen LogP) is 3.88. The molecular formula is C16H18N2. The molecule has 1 atom stereocenters. The molecular weight excluding hydrogens is 220 g/mol. The third-order valence-corrected chi connectivity index (χ3v) is 3.60. The minimum Gasteiger partial charge on any atom is -0.363 e. The van der Waals surface area contributed by atoms with Crippen LogP contribution in [0, 0.1) is 6.92 Å². The molecule has 0 bridgehead atoms. The fraction of sp³-hybridized carbons (Fsp3) is 0.312. The monoisotopic (exact) mass is 238 g/mol. The zero-order valence-electron chi connectivity index (χ0n) is 10.7. The Morgan fingerprint density at radius 3 is 2.89 bits per heavy atom. The molecule has 2 aromatic rings. The predicted molar refractivity (Wildman–Crippen MR) is 74.7 cm³/mol. The van der Waals surface area contributed by atoms with Crippen LogP contribution in [-0.4, -0.2) is 4.98 Å². The highest BCUT2D eigenvalue weighted by molar-refractivity contribution is 5.42. The molecule has 1 aromatic carbocycles. The van der Waals surface area contributed by atoms with Crippen LogP contribution in [0.15, 0.2) is 42.6 Å². The van der Waals surface area contributed by atoms with Gasteiger partial charge in [-0.05, 0) is 48.9 Å². The summed E-state index contributed by atoms with van der Waals surface area (Å²) in [5.41, 5.74) is 4.11. The summed E-state index contributed by atoms with van der Waals surface area (Å²) in [6.07, 6.45) is 5.56. The lowest BCUT2D eigenvalue weighted by molar-refractivity contribution is 0.598. The van der Waals surface area contributed by atoms with E-state index in [2.05, 4.69) is 53.6 Å². The van der Waals surface area contributed by atoms with E-state index in [0.717, 1.165) is 5.82 Å². The van der Waals surface area contributed by atoms with E-state index in [-0.39, 0.29) is 0 Å². The molecule has 1 heterocycles. The van der Waals surface area contributed by atoms with Crippen molar-refractivity contribution in [2.75, 3.05) is 5.32 Å². The average Bonchev–Trinajstić information content (AvgIpc) is 2.42. The van der Waals surface area contributed by atoms with Crippen molar-refractivity contribution < 1.29 is 0 Å². The van der Waals surface area contributed by atoms with E-state index < -0.39 is 0 Å². The standard InChI is InChI=1S/C16H18N2/c1-12-9-10-16(17-11-12)18-15-8-4-6-13-5-2-3-7-14(13)15/h2-3,5,7,9-11,15H,4,6,8H2,1H3,(H,17,18). The van der Waals surface area contributed by atoms with Crippen LogP contribution in [0.4, 0.5) is 5.82 Å². The highest BCUT2D eigenvalue weighted by Gasteiger charge is 2.19. The van der Waals surface area contributed by atoms with Crippen LogP contribution in [0.3, 0.4) is 0 Å². The van der Waals surface area contributed by atoms with Crippen LogP contribution in [-0.2, 0) is 6.42 Å². The molecule has 1 aliphatic carbocycles. The first-order valence-corrected chi connectivity index (χ1v) is 6.60. The first kappa shape index (κ1) is 11.3. The Balaban J connectivity index is 1.84. The lowest BCUT2D eigenvalue weighted by Crippen LogP contribution is -2.17. The van der Waals surface area contributed by atoms with Gasteiger partial charge in [0.05, 0.1) is 6.04 Å². The number of aromatic nitrogens is 1. The number of hydrogen-bond donors (Lipinski definition) is 1. The number of nitrogens with zero attached hydrogens (tertiary/aromatic N) is 1. The molecule has 0 saturated heterocycles. The molecule has 0 radical (unpaired) electrons. The van der Waals surface area contributed by atoms with E-state index in [1.54, 1.807) is 0 Å². The molecule has 1 aliphatic rings. The summed E-state index contributed by atoms with van der Waals surface area (Å²) in [7, 11) is 0. The van der Waals surface area contributed by atoms with Gasteiger partial charge in [0, 0.05) is 6.20 Å². The molecule has 92 valence electrons. The molecule has 0 fully saturated rings. The molecule has 0 aliphatic heterocycles. The zero-order valence-corrected chi connectivity index (χ0v) is 10.7. The van der Waals surface area contributed by atoms with E-state index in [1.165, 1.54) is 36.0 Å². The van der Waals surface area contributed by atoms with Crippen molar-refractivity contribution in [3.05, 3.63) is 59.3 Å². The summed E-state index contributed by atoms with van der Waals surface area (Å²) in [5, 5.41) is 3.55. The number of pyridine rings is 1. The molecule has 0 amide bonds. The van der Waals surface area contributed by atoms with E-state index in [4.69, 9.17) is 0 Å². The number of aryl methyl sites for hydroxylation is 2. The van der Waals surface area contributed by atoms with Gasteiger partial charge < -0.3 is 5.32 Å². The fourth-order valence-corrected chi connectivity index (χ4v) is 2.64. The second-order valence-electron chi connectivity index (χ2n) is 5.01. The van der Waals surface area contributed by atoms with Gasteiger partial charge in [-0.15, -0.1) is 0 Å². The molecule has 1 aromatic heterocycles. The van der Waals surface area contributed by atoms with Crippen LogP contribution in [0.2, 0.25) is 0 Å². The van der Waals surface area contributed by atoms with Crippen LogP contribution in [0.25, 0.3) is 0 Å². The average molecular weight is 238 g/mol. The summed E-state index contributed by atoms with van der Waals surface area (Å²) >= 11 is 0. The minimum atomic E-state index is 0.408. The number of hydrogen-bond acceptors (Lipinski definition) is 2. The molecule has 3 rings (SSSR count). The molecule has 18 heavy (non-hydrogen) atoms. The van der Waals surface area contributed by atoms with Crippen LogP contribution < -0.4 is 5.32 Å². The van der Waals surface area contributed by atoms with Gasteiger partial charge in [0.15, 0.2) is 0 Å². The largest absolute Gasteiger partial charge is 0.363 e. The molecule has 1 N–H and O–H groups in total. The van der Waals surface area contributed by atoms with E-state index in [0.29, 0.717) is 6.04 Å². The summed E-state index contributed by atoms with van der Waals surface area (Å²) in [6, 6.07) is 13.3. The molecule has 0 saturated carbocycles. The summed E-state index contributed by atoms with van der Waals surface area (Å²) in [5.74, 6) is 0.974. The van der Waals surface area contributed by atoms with Crippen molar-refractivity contribution in [3.63, 3.8) is 0 Å². The van der Waals surface area contributed by atoms with Crippen molar-refractivity contribution in [2.45, 2.75) is 32.2 Å². The molecule has 1 unspecified atom stereocenters. The van der Waals surface area contributed by atoms with Crippen molar-refractivity contribution in [3.8, 4) is 0 Å². The second kappa shape index (κ2) is 4.81. The van der Waals surface area contributed by atoms with Crippen LogP contribution >= 0.6 is 0 Å². The third kappa shape index (κ3) is 2.23. The number of rotatable bonds is 2. The maximum Gasteiger partial charge on any atom is 0.126 e. The Morgan fingerprint density at radius 2 is 2.06 bits per heavy atom. The Kier molecular flexibility index (Phi) is 3.01. The first-order chi connectivity index (χ1) is 8.83. The maximum absolute atomic E-state index is 4.43. The van der Waals surface area contributed by atoms with Crippen molar-refractivity contribution in [1.82, 2.24) is 4.98 Å². The topological polar surface area (TPSA) is 24.9 Å². The minimum absolute atomic E-state index is 0.408. The Bertz CT molecular complexity index is 531. The maximum atomic E-state index is 4.43. The summed E-state index contributed by atoms with van der Waals surface area (Å²) in [6.45, 7) is 2.06. The Labute approximate surface area is 108 Å². The molecule has 2 heteroatoms. The number of anilines is 1. The smallest absolute Gasteiger partial charge is 0.126 e. The highest BCUT2D eigenvalue weighted by Crippen LogP contribution is 2.31. The summed E-state index contributed by atoms with van der Waals surface area (Å²) < 4.78 is 0.